The van der Waals surface area contributed by atoms with Crippen LogP contribution >= 0.6 is 0 Å². The van der Waals surface area contributed by atoms with Gasteiger partial charge in [0.25, 0.3) is 0 Å². The largest absolute Gasteiger partial charge is 0.390 e. The van der Waals surface area contributed by atoms with Crippen LogP contribution in [0.25, 0.3) is 0 Å². The van der Waals surface area contributed by atoms with Gasteiger partial charge < -0.3 is 5.11 Å². The molecule has 0 aliphatic rings. The fourth-order valence-corrected chi connectivity index (χ4v) is 1.45. The molecule has 7 heteroatoms. The summed E-state index contributed by atoms with van der Waals surface area (Å²) >= 11 is 0. The molecule has 86 valence electrons. The van der Waals surface area contributed by atoms with Gasteiger partial charge in [0, 0.05) is 6.04 Å². The Hall–Kier alpha value is -1.76. The van der Waals surface area contributed by atoms with E-state index in [9.17, 15) is 0 Å². The van der Waals surface area contributed by atoms with E-state index in [0.29, 0.717) is 12.2 Å². The topological polar surface area (TPSA) is 81.7 Å². The Morgan fingerprint density at radius 3 is 2.88 bits per heavy atom. The van der Waals surface area contributed by atoms with E-state index in [1.54, 1.807) is 10.9 Å². The van der Waals surface area contributed by atoms with E-state index in [0.717, 1.165) is 5.82 Å². The van der Waals surface area contributed by atoms with Crippen molar-refractivity contribution >= 4 is 0 Å². The maximum absolute atomic E-state index is 8.87. The van der Waals surface area contributed by atoms with Gasteiger partial charge in [0.1, 0.15) is 24.4 Å². The fourth-order valence-electron chi connectivity index (χ4n) is 1.45. The van der Waals surface area contributed by atoms with Crippen molar-refractivity contribution in [3.8, 4) is 0 Å². The number of hydrogen-bond acceptors (Lipinski definition) is 5. The van der Waals surface area contributed by atoms with Crippen molar-refractivity contribution in [1.29, 1.82) is 0 Å². The molecule has 0 saturated carbocycles. The van der Waals surface area contributed by atoms with Crippen LogP contribution in [-0.4, -0.2) is 34.9 Å². The Balaban J connectivity index is 2.17. The van der Waals surface area contributed by atoms with Crippen molar-refractivity contribution in [2.45, 2.75) is 33.0 Å². The lowest BCUT2D eigenvalue weighted by molar-refractivity contribution is 0.276. The normalized spacial score (nSPS) is 11.2. The van der Waals surface area contributed by atoms with Crippen molar-refractivity contribution < 1.29 is 5.11 Å². The molecule has 0 aliphatic carbocycles. The maximum atomic E-state index is 8.87. The molecule has 2 aromatic heterocycles. The van der Waals surface area contributed by atoms with Crippen molar-refractivity contribution in [3.63, 3.8) is 0 Å². The Bertz CT molecular complexity index is 460. The molecule has 0 saturated heterocycles. The average molecular weight is 222 g/mol. The van der Waals surface area contributed by atoms with Gasteiger partial charge in [-0.25, -0.2) is 14.3 Å². The van der Waals surface area contributed by atoms with Crippen LogP contribution in [0.5, 0.6) is 0 Å². The third-order valence-electron chi connectivity index (χ3n) is 2.19. The third kappa shape index (κ3) is 2.08. The average Bonchev–Trinajstić information content (AvgIpc) is 2.87. The highest BCUT2D eigenvalue weighted by molar-refractivity contribution is 4.93. The zero-order valence-electron chi connectivity index (χ0n) is 9.28. The summed E-state index contributed by atoms with van der Waals surface area (Å²) in [6.45, 7) is 4.49. The molecule has 1 N–H and O–H groups in total. The molecule has 0 radical (unpaired) electrons. The minimum absolute atomic E-state index is 0.100. The van der Waals surface area contributed by atoms with Gasteiger partial charge in [-0.1, -0.05) is 5.21 Å². The molecule has 0 amide bonds. The van der Waals surface area contributed by atoms with Gasteiger partial charge in [0.2, 0.25) is 0 Å². The number of hydrogen-bond donors (Lipinski definition) is 1. The van der Waals surface area contributed by atoms with Crippen LogP contribution in [0, 0.1) is 0 Å². The minimum atomic E-state index is -0.100. The summed E-state index contributed by atoms with van der Waals surface area (Å²) in [5.74, 6) is 0.824. The zero-order valence-corrected chi connectivity index (χ0v) is 9.28. The first kappa shape index (κ1) is 10.7. The third-order valence-corrected chi connectivity index (χ3v) is 2.19. The molecular formula is C9H14N6O. The van der Waals surface area contributed by atoms with Gasteiger partial charge >= 0.3 is 0 Å². The first-order chi connectivity index (χ1) is 7.70. The molecule has 0 unspecified atom stereocenters. The fraction of sp³-hybridized carbons (Fsp3) is 0.556. The number of aliphatic hydroxyl groups excluding tert-OH is 1. The number of rotatable bonds is 4. The molecule has 0 fully saturated rings. The van der Waals surface area contributed by atoms with Crippen LogP contribution in [0.15, 0.2) is 12.5 Å². The number of nitrogens with zero attached hydrogens (tertiary/aromatic N) is 6. The summed E-state index contributed by atoms with van der Waals surface area (Å²) < 4.78 is 3.47. The minimum Gasteiger partial charge on any atom is -0.390 e. The second-order valence-corrected chi connectivity index (χ2v) is 3.78. The Kier molecular flexibility index (Phi) is 2.95. The van der Waals surface area contributed by atoms with E-state index in [1.165, 1.54) is 6.33 Å². The number of aromatic nitrogens is 6. The highest BCUT2D eigenvalue weighted by Gasteiger charge is 2.09. The molecule has 0 atom stereocenters. The van der Waals surface area contributed by atoms with Gasteiger partial charge in [-0.2, -0.15) is 5.10 Å². The highest BCUT2D eigenvalue weighted by Crippen LogP contribution is 2.06. The summed E-state index contributed by atoms with van der Waals surface area (Å²) in [4.78, 5) is 4.17. The summed E-state index contributed by atoms with van der Waals surface area (Å²) in [5, 5.41) is 20.7. The van der Waals surface area contributed by atoms with Gasteiger partial charge in [-0.3, -0.25) is 0 Å². The van der Waals surface area contributed by atoms with Crippen LogP contribution in [0.3, 0.4) is 0 Å². The van der Waals surface area contributed by atoms with E-state index in [4.69, 9.17) is 5.11 Å². The molecule has 16 heavy (non-hydrogen) atoms. The van der Waals surface area contributed by atoms with E-state index in [-0.39, 0.29) is 12.6 Å². The maximum Gasteiger partial charge on any atom is 0.148 e. The Morgan fingerprint density at radius 1 is 1.44 bits per heavy atom. The van der Waals surface area contributed by atoms with Crippen LogP contribution in [0.1, 0.15) is 31.4 Å². The van der Waals surface area contributed by atoms with Crippen molar-refractivity contribution in [1.82, 2.24) is 29.8 Å². The molecule has 0 bridgehead atoms. The lowest BCUT2D eigenvalue weighted by Gasteiger charge is -2.08. The van der Waals surface area contributed by atoms with Crippen LogP contribution < -0.4 is 0 Å². The monoisotopic (exact) mass is 222 g/mol. The van der Waals surface area contributed by atoms with Gasteiger partial charge in [0.15, 0.2) is 0 Å². The molecular weight excluding hydrogens is 208 g/mol. The molecule has 7 nitrogen and oxygen atoms in total. The predicted octanol–water partition coefficient (Wildman–Crippen LogP) is -0.00890. The van der Waals surface area contributed by atoms with Crippen molar-refractivity contribution in [3.05, 3.63) is 24.0 Å². The van der Waals surface area contributed by atoms with E-state index >= 15 is 0 Å². The van der Waals surface area contributed by atoms with Gasteiger partial charge in [-0.05, 0) is 13.8 Å². The smallest absolute Gasteiger partial charge is 0.148 e. The van der Waals surface area contributed by atoms with E-state index < -0.39 is 0 Å². The van der Waals surface area contributed by atoms with E-state index in [2.05, 4.69) is 20.4 Å². The summed E-state index contributed by atoms with van der Waals surface area (Å²) in [6, 6.07) is 0.262. The molecule has 2 rings (SSSR count). The first-order valence-corrected chi connectivity index (χ1v) is 5.09. The second-order valence-electron chi connectivity index (χ2n) is 3.78. The van der Waals surface area contributed by atoms with Crippen LogP contribution in [-0.2, 0) is 13.2 Å². The van der Waals surface area contributed by atoms with E-state index in [1.807, 2.05) is 18.5 Å². The summed E-state index contributed by atoms with van der Waals surface area (Å²) in [7, 11) is 0. The van der Waals surface area contributed by atoms with Gasteiger partial charge in [0.05, 0.1) is 12.8 Å². The molecule has 2 heterocycles. The Morgan fingerprint density at radius 2 is 2.25 bits per heavy atom. The Labute approximate surface area is 92.7 Å². The lowest BCUT2D eigenvalue weighted by Crippen LogP contribution is -2.12. The van der Waals surface area contributed by atoms with Crippen molar-refractivity contribution in [2.24, 2.45) is 0 Å². The quantitative estimate of drug-likeness (QED) is 0.786. The molecule has 0 aliphatic heterocycles. The number of aliphatic hydroxyl groups is 1. The van der Waals surface area contributed by atoms with Crippen molar-refractivity contribution in [2.75, 3.05) is 0 Å². The molecule has 2 aromatic rings. The summed E-state index contributed by atoms with van der Waals surface area (Å²) in [6.07, 6.45) is 3.22. The molecule has 0 spiro atoms. The standard InChI is InChI=1S/C9H14N6O/c1-7(2)15-9(10-6-11-15)4-14-3-8(5-16)12-13-14/h3,6-7,16H,4-5H2,1-2H3. The first-order valence-electron chi connectivity index (χ1n) is 5.09. The summed E-state index contributed by atoms with van der Waals surface area (Å²) in [5.41, 5.74) is 0.551. The predicted molar refractivity (Wildman–Crippen MR) is 55.5 cm³/mol. The SMILES string of the molecule is CC(C)n1ncnc1Cn1cc(CO)nn1. The van der Waals surface area contributed by atoms with Crippen LogP contribution in [0.2, 0.25) is 0 Å². The second kappa shape index (κ2) is 4.40. The molecule has 0 aromatic carbocycles. The highest BCUT2D eigenvalue weighted by atomic mass is 16.3. The zero-order chi connectivity index (χ0) is 11.5. The van der Waals surface area contributed by atoms with Gasteiger partial charge in [-0.15, -0.1) is 5.10 Å². The van der Waals surface area contributed by atoms with Crippen LogP contribution in [0.4, 0.5) is 0 Å². The lowest BCUT2D eigenvalue weighted by atomic mass is 10.4.